The van der Waals surface area contributed by atoms with E-state index in [1.807, 2.05) is 36.9 Å². The van der Waals surface area contributed by atoms with Gasteiger partial charge in [0.1, 0.15) is 0 Å². The number of carbonyl (C=O) groups excluding carboxylic acids is 1. The van der Waals surface area contributed by atoms with Crippen molar-refractivity contribution in [2.24, 2.45) is 0 Å². The minimum absolute atomic E-state index is 0.176. The van der Waals surface area contributed by atoms with E-state index in [4.69, 9.17) is 9.47 Å². The number of benzene rings is 2. The van der Waals surface area contributed by atoms with E-state index in [2.05, 4.69) is 5.32 Å². The molecule has 1 amide bonds. The molecule has 0 unspecified atom stereocenters. The molecule has 0 aliphatic rings. The zero-order valence-electron chi connectivity index (χ0n) is 18.7. The second kappa shape index (κ2) is 11.1. The number of hydrogen-bond acceptors (Lipinski definition) is 6. The van der Waals surface area contributed by atoms with Gasteiger partial charge in [0.05, 0.1) is 25.2 Å². The molecule has 2 rings (SSSR count). The number of likely N-dealkylation sites (N-methyl/N-ethyl adjacent to an activating group) is 1. The number of anilines is 1. The average molecular weight is 450 g/mol. The van der Waals surface area contributed by atoms with Crippen molar-refractivity contribution in [2.45, 2.75) is 25.3 Å². The Morgan fingerprint density at radius 3 is 2.26 bits per heavy atom. The Balaban J connectivity index is 2.00. The smallest absolute Gasteiger partial charge is 0.242 e. The third-order valence-corrected chi connectivity index (χ3v) is 6.49. The molecular formula is C22H31N3O5S. The summed E-state index contributed by atoms with van der Waals surface area (Å²) in [6.45, 7) is 5.91. The van der Waals surface area contributed by atoms with Crippen LogP contribution in [-0.4, -0.2) is 64.4 Å². The number of rotatable bonds is 11. The third-order valence-electron chi connectivity index (χ3n) is 4.67. The topological polar surface area (TPSA) is 88.2 Å². The lowest BCUT2D eigenvalue weighted by Gasteiger charge is -2.21. The van der Waals surface area contributed by atoms with Crippen LogP contribution in [0.25, 0.3) is 0 Å². The lowest BCUT2D eigenvalue weighted by Crippen LogP contribution is -2.32. The lowest BCUT2D eigenvalue weighted by atomic mass is 10.2. The molecule has 0 aromatic heterocycles. The number of sulfonamides is 1. The zero-order valence-corrected chi connectivity index (χ0v) is 19.5. The number of carbonyl (C=O) groups is 1. The van der Waals surface area contributed by atoms with Gasteiger partial charge in [-0.2, -0.15) is 0 Å². The number of hydrogen-bond donors (Lipinski definition) is 1. The summed E-state index contributed by atoms with van der Waals surface area (Å²) < 4.78 is 36.4. The summed E-state index contributed by atoms with van der Waals surface area (Å²) in [4.78, 5) is 14.7. The summed E-state index contributed by atoms with van der Waals surface area (Å²) in [7, 11) is 1.05. The van der Waals surface area contributed by atoms with Crippen LogP contribution in [0.15, 0.2) is 47.4 Å². The summed E-state index contributed by atoms with van der Waals surface area (Å²) in [6.07, 6.45) is 0. The Labute approximate surface area is 184 Å². The monoisotopic (exact) mass is 449 g/mol. The molecule has 170 valence electrons. The van der Waals surface area contributed by atoms with Crippen LogP contribution in [0.3, 0.4) is 0 Å². The van der Waals surface area contributed by atoms with Crippen LogP contribution in [0.4, 0.5) is 5.69 Å². The molecular weight excluding hydrogens is 418 g/mol. The van der Waals surface area contributed by atoms with Crippen LogP contribution in [0, 0.1) is 0 Å². The van der Waals surface area contributed by atoms with Crippen molar-refractivity contribution >= 4 is 21.6 Å². The maximum atomic E-state index is 12.5. The highest BCUT2D eigenvalue weighted by molar-refractivity contribution is 7.89. The van der Waals surface area contributed by atoms with Crippen LogP contribution in [-0.2, 0) is 21.4 Å². The normalized spacial score (nSPS) is 11.6. The first-order valence-corrected chi connectivity index (χ1v) is 11.5. The second-order valence-electron chi connectivity index (χ2n) is 7.08. The fourth-order valence-corrected chi connectivity index (χ4v) is 3.85. The number of nitrogens with one attached hydrogen (secondary N) is 1. The Morgan fingerprint density at radius 1 is 1.03 bits per heavy atom. The Hall–Kier alpha value is -2.62. The van der Waals surface area contributed by atoms with E-state index in [1.54, 1.807) is 19.2 Å². The van der Waals surface area contributed by atoms with E-state index in [9.17, 15) is 13.2 Å². The van der Waals surface area contributed by atoms with Gasteiger partial charge in [-0.05, 0) is 55.4 Å². The Kier molecular flexibility index (Phi) is 8.85. The number of amides is 1. The second-order valence-corrected chi connectivity index (χ2v) is 9.23. The first kappa shape index (κ1) is 24.6. The van der Waals surface area contributed by atoms with Gasteiger partial charge in [-0.3, -0.25) is 9.69 Å². The molecule has 0 radical (unpaired) electrons. The minimum Gasteiger partial charge on any atom is -0.493 e. The van der Waals surface area contributed by atoms with Crippen LogP contribution in [0.1, 0.15) is 19.4 Å². The molecule has 0 aliphatic heterocycles. The van der Waals surface area contributed by atoms with E-state index < -0.39 is 10.0 Å². The fourth-order valence-electron chi connectivity index (χ4n) is 2.95. The van der Waals surface area contributed by atoms with Crippen molar-refractivity contribution in [3.05, 3.63) is 48.0 Å². The SMILES string of the molecule is CCOc1ccc(CN(CC)CC(=O)Nc2ccc(S(=O)(=O)N(C)C)cc2)cc1OC. The molecule has 0 aliphatic carbocycles. The molecule has 0 saturated heterocycles. The largest absolute Gasteiger partial charge is 0.493 e. The van der Waals surface area contributed by atoms with E-state index in [0.29, 0.717) is 36.9 Å². The first-order chi connectivity index (χ1) is 14.7. The van der Waals surface area contributed by atoms with Crippen LogP contribution in [0.5, 0.6) is 11.5 Å². The van der Waals surface area contributed by atoms with E-state index >= 15 is 0 Å². The van der Waals surface area contributed by atoms with Crippen molar-refractivity contribution in [1.82, 2.24) is 9.21 Å². The van der Waals surface area contributed by atoms with Gasteiger partial charge in [0, 0.05) is 26.3 Å². The number of ether oxygens (including phenoxy) is 2. The van der Waals surface area contributed by atoms with Crippen molar-refractivity contribution in [1.29, 1.82) is 0 Å². The predicted molar refractivity (Wildman–Crippen MR) is 121 cm³/mol. The highest BCUT2D eigenvalue weighted by Gasteiger charge is 2.17. The fraction of sp³-hybridized carbons (Fsp3) is 0.409. The highest BCUT2D eigenvalue weighted by Crippen LogP contribution is 2.28. The molecule has 8 nitrogen and oxygen atoms in total. The van der Waals surface area contributed by atoms with Gasteiger partial charge in [0.2, 0.25) is 15.9 Å². The standard InChI is InChI=1S/C22H31N3O5S/c1-6-25(15-17-8-13-20(30-7-2)21(14-17)29-5)16-22(26)23-18-9-11-19(12-10-18)31(27,28)24(3)4/h8-14H,6-7,15-16H2,1-5H3,(H,23,26). The van der Waals surface area contributed by atoms with Gasteiger partial charge in [0.15, 0.2) is 11.5 Å². The van der Waals surface area contributed by atoms with Crippen molar-refractivity contribution in [2.75, 3.05) is 46.2 Å². The third kappa shape index (κ3) is 6.68. The van der Waals surface area contributed by atoms with Crippen LogP contribution in [0.2, 0.25) is 0 Å². The molecule has 0 atom stereocenters. The van der Waals surface area contributed by atoms with Gasteiger partial charge in [0.25, 0.3) is 0 Å². The minimum atomic E-state index is -3.50. The zero-order chi connectivity index (χ0) is 23.0. The van der Waals surface area contributed by atoms with Gasteiger partial charge < -0.3 is 14.8 Å². The van der Waals surface area contributed by atoms with Gasteiger partial charge in [-0.15, -0.1) is 0 Å². The maximum absolute atomic E-state index is 12.5. The first-order valence-electron chi connectivity index (χ1n) is 10.1. The molecule has 31 heavy (non-hydrogen) atoms. The van der Waals surface area contributed by atoms with Gasteiger partial charge in [-0.25, -0.2) is 12.7 Å². The summed E-state index contributed by atoms with van der Waals surface area (Å²) in [5.74, 6) is 1.17. The van der Waals surface area contributed by atoms with E-state index in [1.165, 1.54) is 26.2 Å². The summed E-state index contributed by atoms with van der Waals surface area (Å²) in [6, 6.07) is 11.9. The Bertz CT molecular complexity index is 975. The van der Waals surface area contributed by atoms with Crippen molar-refractivity contribution in [3.8, 4) is 11.5 Å². The van der Waals surface area contributed by atoms with Crippen molar-refractivity contribution in [3.63, 3.8) is 0 Å². The molecule has 0 bridgehead atoms. The summed E-state index contributed by atoms with van der Waals surface area (Å²) >= 11 is 0. The average Bonchev–Trinajstić information content (AvgIpc) is 2.74. The van der Waals surface area contributed by atoms with Crippen LogP contribution < -0.4 is 14.8 Å². The molecule has 0 saturated carbocycles. The maximum Gasteiger partial charge on any atom is 0.242 e. The summed E-state index contributed by atoms with van der Waals surface area (Å²) in [5, 5.41) is 2.82. The molecule has 0 spiro atoms. The highest BCUT2D eigenvalue weighted by atomic mass is 32.2. The molecule has 9 heteroatoms. The number of methoxy groups -OCH3 is 1. The van der Waals surface area contributed by atoms with Crippen molar-refractivity contribution < 1.29 is 22.7 Å². The molecule has 0 heterocycles. The van der Waals surface area contributed by atoms with Crippen LogP contribution >= 0.6 is 0 Å². The van der Waals surface area contributed by atoms with E-state index in [-0.39, 0.29) is 17.3 Å². The van der Waals surface area contributed by atoms with Gasteiger partial charge in [-0.1, -0.05) is 13.0 Å². The quantitative estimate of drug-likeness (QED) is 0.568. The molecule has 2 aromatic rings. The molecule has 0 fully saturated rings. The lowest BCUT2D eigenvalue weighted by molar-refractivity contribution is -0.117. The predicted octanol–water partition coefficient (Wildman–Crippen LogP) is 2.80. The summed E-state index contributed by atoms with van der Waals surface area (Å²) in [5.41, 5.74) is 1.55. The molecule has 2 aromatic carbocycles. The number of nitrogens with zero attached hydrogens (tertiary/aromatic N) is 2. The van der Waals surface area contributed by atoms with E-state index in [0.717, 1.165) is 9.87 Å². The molecule has 1 N–H and O–H groups in total. The Morgan fingerprint density at radius 2 is 1.71 bits per heavy atom. The van der Waals surface area contributed by atoms with Gasteiger partial charge >= 0.3 is 0 Å².